The fourth-order valence-electron chi connectivity index (χ4n) is 2.05. The lowest BCUT2D eigenvalue weighted by molar-refractivity contribution is -0.150. The molecule has 0 aromatic carbocycles. The molecule has 0 fully saturated rings. The number of hydrogen-bond acceptors (Lipinski definition) is 4. The summed E-state index contributed by atoms with van der Waals surface area (Å²) < 4.78 is 4.62. The number of carbonyl (C=O) groups excluding carboxylic acids is 2. The van der Waals surface area contributed by atoms with Gasteiger partial charge in [-0.2, -0.15) is 0 Å². The van der Waals surface area contributed by atoms with E-state index in [1.165, 1.54) is 12.0 Å². The van der Waals surface area contributed by atoms with Crippen LogP contribution in [0.4, 0.5) is 0 Å². The van der Waals surface area contributed by atoms with Gasteiger partial charge in [0.05, 0.1) is 17.5 Å². The number of nitrogens with zero attached hydrogens (tertiary/aromatic N) is 1. The maximum Gasteiger partial charge on any atom is 0.325 e. The second kappa shape index (κ2) is 8.09. The highest BCUT2D eigenvalue weighted by atomic mass is 32.1. The Kier molecular flexibility index (Phi) is 7.59. The number of thiocarbonyl (C=S) groups is 1. The molecule has 19 heavy (non-hydrogen) atoms. The highest BCUT2D eigenvalue weighted by Gasteiger charge is 2.41. The Hall–Kier alpha value is -1.17. The van der Waals surface area contributed by atoms with Gasteiger partial charge in [0.2, 0.25) is 5.91 Å². The van der Waals surface area contributed by atoms with Crippen LogP contribution >= 0.6 is 12.2 Å². The van der Waals surface area contributed by atoms with Gasteiger partial charge in [0.1, 0.15) is 6.54 Å². The molecule has 110 valence electrons. The molecule has 0 aliphatic rings. The van der Waals surface area contributed by atoms with Crippen LogP contribution in [-0.2, 0) is 14.3 Å². The van der Waals surface area contributed by atoms with Crippen LogP contribution in [0.2, 0.25) is 0 Å². The summed E-state index contributed by atoms with van der Waals surface area (Å²) in [5, 5.41) is 0. The first kappa shape index (κ1) is 17.8. The number of amides is 1. The summed E-state index contributed by atoms with van der Waals surface area (Å²) in [6, 6.07) is 0. The zero-order valence-electron chi connectivity index (χ0n) is 12.2. The smallest absolute Gasteiger partial charge is 0.325 e. The van der Waals surface area contributed by atoms with Crippen molar-refractivity contribution in [3.63, 3.8) is 0 Å². The van der Waals surface area contributed by atoms with Crippen LogP contribution in [0.5, 0.6) is 0 Å². The lowest BCUT2D eigenvalue weighted by Crippen LogP contribution is -2.51. The molecule has 0 unspecified atom stereocenters. The summed E-state index contributed by atoms with van der Waals surface area (Å²) in [6.07, 6.45) is 1.81. The SMILES string of the molecule is CCCN(CC(=O)OC)C(=O)C(CC)(CC)C(N)=S. The van der Waals surface area contributed by atoms with E-state index in [9.17, 15) is 9.59 Å². The Bertz CT molecular complexity index is 341. The molecule has 1 amide bonds. The topological polar surface area (TPSA) is 72.6 Å². The molecule has 0 bridgehead atoms. The zero-order chi connectivity index (χ0) is 15.1. The van der Waals surface area contributed by atoms with Crippen molar-refractivity contribution in [3.05, 3.63) is 0 Å². The lowest BCUT2D eigenvalue weighted by Gasteiger charge is -2.34. The van der Waals surface area contributed by atoms with E-state index in [4.69, 9.17) is 18.0 Å². The van der Waals surface area contributed by atoms with Gasteiger partial charge in [0, 0.05) is 6.54 Å². The third-order valence-electron chi connectivity index (χ3n) is 3.42. The molecule has 0 aliphatic carbocycles. The minimum absolute atomic E-state index is 0.0620. The van der Waals surface area contributed by atoms with Gasteiger partial charge in [0.15, 0.2) is 0 Å². The molecule has 5 nitrogen and oxygen atoms in total. The number of rotatable bonds is 8. The first-order chi connectivity index (χ1) is 8.89. The van der Waals surface area contributed by atoms with Gasteiger partial charge in [-0.05, 0) is 19.3 Å². The number of nitrogens with two attached hydrogens (primary N) is 1. The minimum atomic E-state index is -0.863. The van der Waals surface area contributed by atoms with Crippen LogP contribution < -0.4 is 5.73 Å². The average molecular weight is 288 g/mol. The fourth-order valence-corrected chi connectivity index (χ4v) is 2.43. The summed E-state index contributed by atoms with van der Waals surface area (Å²) in [4.78, 5) is 25.7. The number of carbonyl (C=O) groups is 2. The van der Waals surface area contributed by atoms with Crippen LogP contribution in [0.15, 0.2) is 0 Å². The van der Waals surface area contributed by atoms with Crippen LogP contribution in [-0.4, -0.2) is 42.0 Å². The van der Waals surface area contributed by atoms with E-state index in [0.29, 0.717) is 19.4 Å². The van der Waals surface area contributed by atoms with Crippen molar-refractivity contribution in [2.75, 3.05) is 20.2 Å². The zero-order valence-corrected chi connectivity index (χ0v) is 13.0. The highest BCUT2D eigenvalue weighted by Crippen LogP contribution is 2.29. The van der Waals surface area contributed by atoms with Crippen molar-refractivity contribution >= 4 is 29.1 Å². The molecule has 0 aromatic rings. The summed E-state index contributed by atoms with van der Waals surface area (Å²) in [6.45, 7) is 6.12. The van der Waals surface area contributed by atoms with E-state index >= 15 is 0 Å². The molecule has 0 atom stereocenters. The predicted molar refractivity (Wildman–Crippen MR) is 78.7 cm³/mol. The molecule has 0 saturated heterocycles. The van der Waals surface area contributed by atoms with Crippen molar-refractivity contribution in [1.82, 2.24) is 4.90 Å². The summed E-state index contributed by atoms with van der Waals surface area (Å²) in [7, 11) is 1.30. The number of ether oxygens (including phenoxy) is 1. The van der Waals surface area contributed by atoms with Gasteiger partial charge in [-0.3, -0.25) is 9.59 Å². The highest BCUT2D eigenvalue weighted by molar-refractivity contribution is 7.80. The van der Waals surface area contributed by atoms with Crippen LogP contribution in [0, 0.1) is 5.41 Å². The Balaban J connectivity index is 5.24. The van der Waals surface area contributed by atoms with Crippen LogP contribution in [0.25, 0.3) is 0 Å². The Morgan fingerprint density at radius 2 is 1.79 bits per heavy atom. The maximum atomic E-state index is 12.7. The van der Waals surface area contributed by atoms with Gasteiger partial charge in [-0.25, -0.2) is 0 Å². The van der Waals surface area contributed by atoms with E-state index < -0.39 is 11.4 Å². The maximum absolute atomic E-state index is 12.7. The molecular weight excluding hydrogens is 264 g/mol. The normalized spacial score (nSPS) is 10.9. The minimum Gasteiger partial charge on any atom is -0.468 e. The molecule has 2 N–H and O–H groups in total. The Labute approximate surface area is 120 Å². The number of hydrogen-bond donors (Lipinski definition) is 1. The van der Waals surface area contributed by atoms with Crippen molar-refractivity contribution in [3.8, 4) is 0 Å². The van der Waals surface area contributed by atoms with Crippen molar-refractivity contribution in [1.29, 1.82) is 0 Å². The van der Waals surface area contributed by atoms with Gasteiger partial charge in [-0.1, -0.05) is 33.0 Å². The van der Waals surface area contributed by atoms with E-state index in [-0.39, 0.29) is 17.4 Å². The standard InChI is InChI=1S/C13H24N2O3S/c1-5-8-15(9-10(16)18-4)12(17)13(6-2,7-3)11(14)19/h5-9H2,1-4H3,(H2,14,19). The van der Waals surface area contributed by atoms with Crippen LogP contribution in [0.1, 0.15) is 40.0 Å². The molecule has 6 heteroatoms. The summed E-state index contributed by atoms with van der Waals surface area (Å²) >= 11 is 5.06. The van der Waals surface area contributed by atoms with Crippen molar-refractivity contribution in [2.45, 2.75) is 40.0 Å². The molecule has 0 radical (unpaired) electrons. The quantitative estimate of drug-likeness (QED) is 0.541. The molecular formula is C13H24N2O3S. The third kappa shape index (κ3) is 4.16. The fraction of sp³-hybridized carbons (Fsp3) is 0.769. The predicted octanol–water partition coefficient (Wildman–Crippen LogP) is 1.49. The summed E-state index contributed by atoms with van der Waals surface area (Å²) in [5.74, 6) is -0.622. The van der Waals surface area contributed by atoms with Gasteiger partial charge < -0.3 is 15.4 Å². The first-order valence-corrected chi connectivity index (χ1v) is 6.96. The lowest BCUT2D eigenvalue weighted by atomic mass is 9.80. The molecule has 0 aromatic heterocycles. The van der Waals surface area contributed by atoms with Crippen molar-refractivity contribution in [2.24, 2.45) is 11.1 Å². The van der Waals surface area contributed by atoms with E-state index in [0.717, 1.165) is 6.42 Å². The Morgan fingerprint density at radius 1 is 1.26 bits per heavy atom. The van der Waals surface area contributed by atoms with Gasteiger partial charge >= 0.3 is 5.97 Å². The average Bonchev–Trinajstić information content (AvgIpc) is 2.39. The summed E-state index contributed by atoms with van der Waals surface area (Å²) in [5.41, 5.74) is 4.90. The Morgan fingerprint density at radius 3 is 2.11 bits per heavy atom. The second-order valence-corrected chi connectivity index (χ2v) is 4.90. The largest absolute Gasteiger partial charge is 0.468 e. The van der Waals surface area contributed by atoms with Crippen LogP contribution in [0.3, 0.4) is 0 Å². The van der Waals surface area contributed by atoms with E-state index in [2.05, 4.69) is 4.74 Å². The molecule has 0 saturated carbocycles. The molecule has 0 heterocycles. The number of esters is 1. The van der Waals surface area contributed by atoms with Crippen molar-refractivity contribution < 1.29 is 14.3 Å². The van der Waals surface area contributed by atoms with Gasteiger partial charge in [0.25, 0.3) is 0 Å². The third-order valence-corrected chi connectivity index (χ3v) is 3.81. The molecule has 0 spiro atoms. The first-order valence-electron chi connectivity index (χ1n) is 6.55. The molecule has 0 rings (SSSR count). The van der Waals surface area contributed by atoms with E-state index in [1.807, 2.05) is 20.8 Å². The number of methoxy groups -OCH3 is 1. The monoisotopic (exact) mass is 288 g/mol. The molecule has 0 aliphatic heterocycles. The second-order valence-electron chi connectivity index (χ2n) is 4.46. The van der Waals surface area contributed by atoms with E-state index in [1.54, 1.807) is 0 Å². The van der Waals surface area contributed by atoms with Gasteiger partial charge in [-0.15, -0.1) is 0 Å².